The number of anilines is 1. The second kappa shape index (κ2) is 8.30. The monoisotopic (exact) mass is 336 g/mol. The van der Waals surface area contributed by atoms with Crippen molar-refractivity contribution in [3.05, 3.63) is 64.7 Å². The molecule has 1 aliphatic rings. The molecule has 0 radical (unpaired) electrons. The van der Waals surface area contributed by atoms with Gasteiger partial charge in [0.15, 0.2) is 0 Å². The second-order valence-corrected chi connectivity index (χ2v) is 7.29. The zero-order valence-electron chi connectivity index (χ0n) is 15.3. The molecule has 1 amide bonds. The van der Waals surface area contributed by atoms with E-state index >= 15 is 0 Å². The first-order valence-corrected chi connectivity index (χ1v) is 9.24. The van der Waals surface area contributed by atoms with Crippen molar-refractivity contribution in [3.63, 3.8) is 0 Å². The van der Waals surface area contributed by atoms with E-state index in [0.717, 1.165) is 30.6 Å². The van der Waals surface area contributed by atoms with Gasteiger partial charge in [0.25, 0.3) is 0 Å². The minimum atomic E-state index is 0.0526. The van der Waals surface area contributed by atoms with E-state index in [0.29, 0.717) is 6.42 Å². The number of rotatable bonds is 6. The molecular weight excluding hydrogens is 308 g/mol. The van der Waals surface area contributed by atoms with E-state index in [1.165, 1.54) is 36.0 Å². The topological polar surface area (TPSA) is 32.3 Å². The molecule has 0 aliphatic heterocycles. The highest BCUT2D eigenvalue weighted by molar-refractivity contribution is 5.92. The molecule has 0 heterocycles. The van der Waals surface area contributed by atoms with Crippen LogP contribution in [0.4, 0.5) is 5.69 Å². The molecule has 1 aliphatic carbocycles. The number of carbonyl (C=O) groups is 1. The van der Waals surface area contributed by atoms with Crippen LogP contribution in [-0.2, 0) is 30.5 Å². The lowest BCUT2D eigenvalue weighted by Crippen LogP contribution is -2.16. The molecule has 0 saturated heterocycles. The molecule has 132 valence electrons. The Bertz CT molecular complexity index is 719. The number of likely N-dealkylation sites (N-methyl/N-ethyl adjacent to an activating group) is 1. The maximum absolute atomic E-state index is 12.3. The summed E-state index contributed by atoms with van der Waals surface area (Å²) in [5.74, 6) is 0.0526. The lowest BCUT2D eigenvalue weighted by atomic mass is 9.90. The van der Waals surface area contributed by atoms with Gasteiger partial charge in [-0.3, -0.25) is 4.79 Å². The van der Waals surface area contributed by atoms with Gasteiger partial charge in [-0.25, -0.2) is 0 Å². The number of hydrogen-bond acceptors (Lipinski definition) is 2. The van der Waals surface area contributed by atoms with Crippen molar-refractivity contribution < 1.29 is 4.79 Å². The molecule has 0 spiro atoms. The summed E-state index contributed by atoms with van der Waals surface area (Å²) in [6.45, 7) is 1.03. The standard InChI is InChI=1S/C22H28N2O/c1-24(2)14-13-17-8-11-21(12-9-17)23-22(25)16-18-7-10-19-5-3-4-6-20(19)15-18/h7-12,15H,3-6,13-14,16H2,1-2H3,(H,23,25). The van der Waals surface area contributed by atoms with Crippen molar-refractivity contribution in [3.8, 4) is 0 Å². The van der Waals surface area contributed by atoms with Crippen molar-refractivity contribution in [2.75, 3.05) is 26.0 Å². The van der Waals surface area contributed by atoms with Crippen LogP contribution >= 0.6 is 0 Å². The van der Waals surface area contributed by atoms with Crippen LogP contribution in [0.2, 0.25) is 0 Å². The summed E-state index contributed by atoms with van der Waals surface area (Å²) in [4.78, 5) is 14.5. The summed E-state index contributed by atoms with van der Waals surface area (Å²) < 4.78 is 0. The molecule has 3 rings (SSSR count). The highest BCUT2D eigenvalue weighted by Gasteiger charge is 2.11. The lowest BCUT2D eigenvalue weighted by molar-refractivity contribution is -0.115. The molecule has 1 N–H and O–H groups in total. The molecule has 0 atom stereocenters. The molecule has 0 fully saturated rings. The lowest BCUT2D eigenvalue weighted by Gasteiger charge is -2.16. The van der Waals surface area contributed by atoms with E-state index in [9.17, 15) is 4.79 Å². The van der Waals surface area contributed by atoms with E-state index in [1.807, 2.05) is 12.1 Å². The smallest absolute Gasteiger partial charge is 0.228 e. The zero-order chi connectivity index (χ0) is 17.6. The summed E-state index contributed by atoms with van der Waals surface area (Å²) in [6, 6.07) is 14.7. The van der Waals surface area contributed by atoms with Crippen molar-refractivity contribution in [2.24, 2.45) is 0 Å². The number of amides is 1. The van der Waals surface area contributed by atoms with E-state index < -0.39 is 0 Å². The van der Waals surface area contributed by atoms with Crippen molar-refractivity contribution in [2.45, 2.75) is 38.5 Å². The molecule has 0 bridgehead atoms. The predicted octanol–water partition coefficient (Wildman–Crippen LogP) is 3.85. The SMILES string of the molecule is CN(C)CCc1ccc(NC(=O)Cc2ccc3c(c2)CCCC3)cc1. The van der Waals surface area contributed by atoms with Crippen LogP contribution in [0.5, 0.6) is 0 Å². The van der Waals surface area contributed by atoms with Crippen LogP contribution in [0, 0.1) is 0 Å². The number of aryl methyl sites for hydroxylation is 2. The third-order valence-corrected chi connectivity index (χ3v) is 4.86. The Labute approximate surface area is 151 Å². The fourth-order valence-corrected chi connectivity index (χ4v) is 3.39. The highest BCUT2D eigenvalue weighted by atomic mass is 16.1. The van der Waals surface area contributed by atoms with Gasteiger partial charge < -0.3 is 10.2 Å². The van der Waals surface area contributed by atoms with Crippen LogP contribution in [0.3, 0.4) is 0 Å². The Balaban J connectivity index is 1.55. The van der Waals surface area contributed by atoms with Crippen LogP contribution in [0.25, 0.3) is 0 Å². The first kappa shape index (κ1) is 17.7. The van der Waals surface area contributed by atoms with Crippen LogP contribution < -0.4 is 5.32 Å². The van der Waals surface area contributed by atoms with E-state index in [2.05, 4.69) is 54.6 Å². The van der Waals surface area contributed by atoms with Crippen LogP contribution in [0.15, 0.2) is 42.5 Å². The number of nitrogens with zero attached hydrogens (tertiary/aromatic N) is 1. The predicted molar refractivity (Wildman–Crippen MR) is 104 cm³/mol. The maximum atomic E-state index is 12.3. The summed E-state index contributed by atoms with van der Waals surface area (Å²) in [6.07, 6.45) is 6.35. The molecule has 0 unspecified atom stereocenters. The van der Waals surface area contributed by atoms with Gasteiger partial charge in [0.2, 0.25) is 5.91 Å². The van der Waals surface area contributed by atoms with Gasteiger partial charge in [-0.2, -0.15) is 0 Å². The quantitative estimate of drug-likeness (QED) is 0.869. The van der Waals surface area contributed by atoms with Gasteiger partial charge in [-0.1, -0.05) is 30.3 Å². The number of carbonyl (C=O) groups excluding carboxylic acids is 1. The first-order valence-electron chi connectivity index (χ1n) is 9.24. The molecular formula is C22H28N2O. The minimum Gasteiger partial charge on any atom is -0.326 e. The Kier molecular flexibility index (Phi) is 5.87. The van der Waals surface area contributed by atoms with Gasteiger partial charge in [-0.15, -0.1) is 0 Å². The zero-order valence-corrected chi connectivity index (χ0v) is 15.3. The van der Waals surface area contributed by atoms with Crippen molar-refractivity contribution in [1.82, 2.24) is 4.90 Å². The third kappa shape index (κ3) is 5.17. The maximum Gasteiger partial charge on any atom is 0.228 e. The average Bonchev–Trinajstić information content (AvgIpc) is 2.61. The Morgan fingerprint density at radius 2 is 1.64 bits per heavy atom. The van der Waals surface area contributed by atoms with Crippen LogP contribution in [0.1, 0.15) is 35.1 Å². The molecule has 25 heavy (non-hydrogen) atoms. The fourth-order valence-electron chi connectivity index (χ4n) is 3.39. The Morgan fingerprint density at radius 3 is 2.36 bits per heavy atom. The summed E-state index contributed by atoms with van der Waals surface area (Å²) >= 11 is 0. The Hall–Kier alpha value is -2.13. The van der Waals surface area contributed by atoms with Gasteiger partial charge >= 0.3 is 0 Å². The summed E-state index contributed by atoms with van der Waals surface area (Å²) in [5.41, 5.74) is 6.17. The van der Waals surface area contributed by atoms with Gasteiger partial charge in [0, 0.05) is 12.2 Å². The van der Waals surface area contributed by atoms with E-state index in [1.54, 1.807) is 0 Å². The van der Waals surface area contributed by atoms with E-state index in [4.69, 9.17) is 0 Å². The summed E-state index contributed by atoms with van der Waals surface area (Å²) in [5, 5.41) is 3.01. The van der Waals surface area contributed by atoms with Gasteiger partial charge in [0.05, 0.1) is 6.42 Å². The van der Waals surface area contributed by atoms with E-state index in [-0.39, 0.29) is 5.91 Å². The molecule has 3 heteroatoms. The molecule has 0 saturated carbocycles. The summed E-state index contributed by atoms with van der Waals surface area (Å²) in [7, 11) is 4.16. The first-order chi connectivity index (χ1) is 12.1. The van der Waals surface area contributed by atoms with Crippen molar-refractivity contribution in [1.29, 1.82) is 0 Å². The van der Waals surface area contributed by atoms with Crippen LogP contribution in [-0.4, -0.2) is 31.4 Å². The number of benzene rings is 2. The molecule has 2 aromatic rings. The fraction of sp³-hybridized carbons (Fsp3) is 0.409. The minimum absolute atomic E-state index is 0.0526. The normalized spacial score (nSPS) is 13.6. The molecule has 2 aromatic carbocycles. The average molecular weight is 336 g/mol. The Morgan fingerprint density at radius 1 is 0.960 bits per heavy atom. The largest absolute Gasteiger partial charge is 0.326 e. The molecule has 3 nitrogen and oxygen atoms in total. The number of hydrogen-bond donors (Lipinski definition) is 1. The van der Waals surface area contributed by atoms with Gasteiger partial charge in [-0.05, 0) is 80.6 Å². The number of nitrogens with one attached hydrogen (secondary N) is 1. The second-order valence-electron chi connectivity index (χ2n) is 7.29. The molecule has 0 aromatic heterocycles. The third-order valence-electron chi connectivity index (χ3n) is 4.86. The highest BCUT2D eigenvalue weighted by Crippen LogP contribution is 2.22. The number of fused-ring (bicyclic) bond motifs is 1. The van der Waals surface area contributed by atoms with Crippen molar-refractivity contribution >= 4 is 11.6 Å². The van der Waals surface area contributed by atoms with Gasteiger partial charge in [0.1, 0.15) is 0 Å².